The molecule has 0 saturated carbocycles. The zero-order chi connectivity index (χ0) is 24.1. The number of hydrazine groups is 1. The van der Waals surface area contributed by atoms with Crippen molar-refractivity contribution in [3.63, 3.8) is 0 Å². The molecule has 6 nitrogen and oxygen atoms in total. The quantitative estimate of drug-likeness (QED) is 0.302. The number of rotatable bonds is 8. The predicted molar refractivity (Wildman–Crippen MR) is 132 cm³/mol. The normalized spacial score (nSPS) is 14.3. The summed E-state index contributed by atoms with van der Waals surface area (Å²) in [6, 6.07) is 20.7. The van der Waals surface area contributed by atoms with Gasteiger partial charge in [-0.15, -0.1) is 6.58 Å². The maximum atomic E-state index is 12.9. The Morgan fingerprint density at radius 2 is 1.76 bits per heavy atom. The van der Waals surface area contributed by atoms with Crippen LogP contribution in [0.4, 0.5) is 5.69 Å². The highest BCUT2D eigenvalue weighted by atomic mass is 16.5. The van der Waals surface area contributed by atoms with Crippen LogP contribution < -0.4 is 19.9 Å². The number of nitrogens with zero attached hydrogens (tertiary/aromatic N) is 1. The molecule has 1 aliphatic heterocycles. The number of hydrogen-bond donors (Lipinski definition) is 1. The van der Waals surface area contributed by atoms with E-state index in [4.69, 9.17) is 9.47 Å². The van der Waals surface area contributed by atoms with Crippen molar-refractivity contribution in [3.8, 4) is 11.5 Å². The summed E-state index contributed by atoms with van der Waals surface area (Å²) in [6.45, 7) is 6.27. The first-order chi connectivity index (χ1) is 16.5. The van der Waals surface area contributed by atoms with Crippen LogP contribution in [0.5, 0.6) is 11.5 Å². The summed E-state index contributed by atoms with van der Waals surface area (Å²) < 4.78 is 11.7. The fourth-order valence-electron chi connectivity index (χ4n) is 3.71. The number of para-hydroxylation sites is 1. The van der Waals surface area contributed by atoms with Gasteiger partial charge in [-0.1, -0.05) is 54.1 Å². The summed E-state index contributed by atoms with van der Waals surface area (Å²) >= 11 is 0. The Morgan fingerprint density at radius 3 is 2.44 bits per heavy atom. The third kappa shape index (κ3) is 4.86. The number of carbonyl (C=O) groups is 2. The van der Waals surface area contributed by atoms with Gasteiger partial charge in [-0.25, -0.2) is 5.01 Å². The molecule has 1 saturated heterocycles. The van der Waals surface area contributed by atoms with Crippen LogP contribution in [0.1, 0.15) is 22.3 Å². The molecule has 0 bridgehead atoms. The van der Waals surface area contributed by atoms with Crippen LogP contribution in [0, 0.1) is 6.92 Å². The number of hydrogen-bond acceptors (Lipinski definition) is 4. The number of anilines is 1. The van der Waals surface area contributed by atoms with Gasteiger partial charge < -0.3 is 9.47 Å². The number of aryl methyl sites for hydroxylation is 1. The van der Waals surface area contributed by atoms with Crippen molar-refractivity contribution in [2.75, 3.05) is 12.1 Å². The van der Waals surface area contributed by atoms with E-state index >= 15 is 0 Å². The van der Waals surface area contributed by atoms with Gasteiger partial charge in [0.25, 0.3) is 11.8 Å². The smallest absolute Gasteiger partial charge is 0.282 e. The Bertz CT molecular complexity index is 1250. The van der Waals surface area contributed by atoms with Crippen LogP contribution in [0.15, 0.2) is 85.0 Å². The van der Waals surface area contributed by atoms with Gasteiger partial charge in [0, 0.05) is 5.56 Å². The molecule has 0 atom stereocenters. The van der Waals surface area contributed by atoms with Crippen LogP contribution >= 0.6 is 0 Å². The molecule has 34 heavy (non-hydrogen) atoms. The summed E-state index contributed by atoms with van der Waals surface area (Å²) in [5.74, 6) is 0.250. The Balaban J connectivity index is 1.64. The Morgan fingerprint density at radius 1 is 1.03 bits per heavy atom. The van der Waals surface area contributed by atoms with E-state index in [1.54, 1.807) is 49.6 Å². The molecule has 0 aliphatic carbocycles. The molecule has 1 N–H and O–H groups in total. The zero-order valence-corrected chi connectivity index (χ0v) is 19.2. The summed E-state index contributed by atoms with van der Waals surface area (Å²) in [5.41, 5.74) is 6.98. The SMILES string of the molecule is C=CCc1cc(C=C2C(=O)NN(c3ccccc3)C2=O)cc(OC)c1OCc1ccc(C)cc1. The van der Waals surface area contributed by atoms with Crippen molar-refractivity contribution in [1.82, 2.24) is 5.43 Å². The van der Waals surface area contributed by atoms with Crippen LogP contribution in [0.2, 0.25) is 0 Å². The second kappa shape index (κ2) is 10.1. The van der Waals surface area contributed by atoms with Gasteiger partial charge in [-0.3, -0.25) is 15.0 Å². The molecule has 1 fully saturated rings. The molecule has 1 heterocycles. The fourth-order valence-corrected chi connectivity index (χ4v) is 3.71. The molecular weight excluding hydrogens is 428 g/mol. The lowest BCUT2D eigenvalue weighted by Crippen LogP contribution is -2.35. The average molecular weight is 455 g/mol. The third-order valence-electron chi connectivity index (χ3n) is 5.46. The molecule has 0 spiro atoms. The Hall–Kier alpha value is -4.32. The number of nitrogens with one attached hydrogen (secondary N) is 1. The van der Waals surface area contributed by atoms with Crippen molar-refractivity contribution in [2.24, 2.45) is 0 Å². The second-order valence-electron chi connectivity index (χ2n) is 7.95. The molecule has 3 aromatic carbocycles. The van der Waals surface area contributed by atoms with E-state index in [2.05, 4.69) is 12.0 Å². The summed E-state index contributed by atoms with van der Waals surface area (Å²) in [5, 5.41) is 1.25. The fraction of sp³-hybridized carbons (Fsp3) is 0.143. The van der Waals surface area contributed by atoms with Gasteiger partial charge in [-0.2, -0.15) is 0 Å². The van der Waals surface area contributed by atoms with Crippen molar-refractivity contribution in [2.45, 2.75) is 20.0 Å². The molecule has 1 aliphatic rings. The first-order valence-electron chi connectivity index (χ1n) is 10.9. The number of ether oxygens (including phenoxy) is 2. The first kappa shape index (κ1) is 22.9. The van der Waals surface area contributed by atoms with Gasteiger partial charge in [0.05, 0.1) is 12.8 Å². The van der Waals surface area contributed by atoms with Crippen LogP contribution in [-0.4, -0.2) is 18.9 Å². The van der Waals surface area contributed by atoms with Gasteiger partial charge in [0.2, 0.25) is 0 Å². The number of carbonyl (C=O) groups excluding carboxylic acids is 2. The van der Waals surface area contributed by atoms with E-state index in [9.17, 15) is 9.59 Å². The van der Waals surface area contributed by atoms with E-state index < -0.39 is 11.8 Å². The maximum absolute atomic E-state index is 12.9. The van der Waals surface area contributed by atoms with Crippen molar-refractivity contribution in [1.29, 1.82) is 0 Å². The lowest BCUT2D eigenvalue weighted by atomic mass is 10.0. The minimum Gasteiger partial charge on any atom is -0.493 e. The van der Waals surface area contributed by atoms with Crippen LogP contribution in [0.3, 0.4) is 0 Å². The zero-order valence-electron chi connectivity index (χ0n) is 19.2. The molecule has 0 unspecified atom stereocenters. The highest BCUT2D eigenvalue weighted by Gasteiger charge is 2.34. The minimum absolute atomic E-state index is 0.0452. The topological polar surface area (TPSA) is 67.9 Å². The van der Waals surface area contributed by atoms with Gasteiger partial charge in [0.15, 0.2) is 11.5 Å². The molecular formula is C28H26N2O4. The minimum atomic E-state index is -0.460. The Labute approximate surface area is 199 Å². The molecule has 6 heteroatoms. The van der Waals surface area contributed by atoms with E-state index in [0.717, 1.165) is 11.1 Å². The lowest BCUT2D eigenvalue weighted by Gasteiger charge is -2.16. The van der Waals surface area contributed by atoms with Crippen molar-refractivity contribution in [3.05, 3.63) is 107 Å². The second-order valence-corrected chi connectivity index (χ2v) is 7.95. The van der Waals surface area contributed by atoms with Crippen molar-refractivity contribution >= 4 is 23.6 Å². The number of allylic oxidation sites excluding steroid dienone is 1. The van der Waals surface area contributed by atoms with Crippen LogP contribution in [0.25, 0.3) is 6.08 Å². The monoisotopic (exact) mass is 454 g/mol. The number of amides is 2. The van der Waals surface area contributed by atoms with E-state index in [1.165, 1.54) is 10.6 Å². The number of benzene rings is 3. The summed E-state index contributed by atoms with van der Waals surface area (Å²) in [6.07, 6.45) is 3.88. The molecule has 3 aromatic rings. The Kier molecular flexibility index (Phi) is 6.78. The largest absolute Gasteiger partial charge is 0.493 e. The molecule has 172 valence electrons. The standard InChI is InChI=1S/C28H26N2O4/c1-4-8-22-15-21(16-24-27(31)29-30(28(24)32)23-9-6-5-7-10-23)17-25(33-3)26(22)34-18-20-13-11-19(2)12-14-20/h4-7,9-17H,1,8,18H2,2-3H3,(H,29,31). The van der Waals surface area contributed by atoms with Gasteiger partial charge in [0.1, 0.15) is 12.2 Å². The third-order valence-corrected chi connectivity index (χ3v) is 5.46. The van der Waals surface area contributed by atoms with E-state index in [1.807, 2.05) is 43.3 Å². The summed E-state index contributed by atoms with van der Waals surface area (Å²) in [7, 11) is 1.56. The maximum Gasteiger partial charge on any atom is 0.282 e. The van der Waals surface area contributed by atoms with E-state index in [0.29, 0.717) is 35.8 Å². The van der Waals surface area contributed by atoms with Crippen LogP contribution in [-0.2, 0) is 22.6 Å². The highest BCUT2D eigenvalue weighted by Crippen LogP contribution is 2.35. The van der Waals surface area contributed by atoms with Crippen molar-refractivity contribution < 1.29 is 19.1 Å². The average Bonchev–Trinajstić information content (AvgIpc) is 3.13. The molecule has 4 rings (SSSR count). The predicted octanol–water partition coefficient (Wildman–Crippen LogP) is 4.77. The van der Waals surface area contributed by atoms with Gasteiger partial charge in [-0.05, 0) is 54.8 Å². The molecule has 0 radical (unpaired) electrons. The lowest BCUT2D eigenvalue weighted by molar-refractivity contribution is -0.117. The summed E-state index contributed by atoms with van der Waals surface area (Å²) in [4.78, 5) is 25.5. The van der Waals surface area contributed by atoms with E-state index in [-0.39, 0.29) is 5.57 Å². The van der Waals surface area contributed by atoms with Gasteiger partial charge >= 0.3 is 0 Å². The molecule has 0 aromatic heterocycles. The first-order valence-corrected chi connectivity index (χ1v) is 10.9. The highest BCUT2D eigenvalue weighted by molar-refractivity contribution is 6.31. The molecule has 2 amide bonds. The number of methoxy groups -OCH3 is 1.